The number of sulfonamides is 1. The van der Waals surface area contributed by atoms with E-state index in [1.165, 1.54) is 18.2 Å². The van der Waals surface area contributed by atoms with Crippen molar-refractivity contribution in [3.8, 4) is 11.5 Å². The van der Waals surface area contributed by atoms with Crippen molar-refractivity contribution >= 4 is 55.6 Å². The van der Waals surface area contributed by atoms with E-state index in [2.05, 4.69) is 20.2 Å². The number of rotatable bonds is 10. The zero-order valence-corrected chi connectivity index (χ0v) is 20.7. The van der Waals surface area contributed by atoms with Crippen molar-refractivity contribution in [2.24, 2.45) is 0 Å². The minimum atomic E-state index is -3.97. The van der Waals surface area contributed by atoms with Gasteiger partial charge in [-0.2, -0.15) is 0 Å². The summed E-state index contributed by atoms with van der Waals surface area (Å²) < 4.78 is 38.5. The van der Waals surface area contributed by atoms with Crippen LogP contribution in [0.2, 0.25) is 10.0 Å². The van der Waals surface area contributed by atoms with Crippen LogP contribution < -0.4 is 19.5 Å². The summed E-state index contributed by atoms with van der Waals surface area (Å²) in [6.07, 6.45) is 0. The number of carbonyl (C=O) groups is 1. The molecule has 3 rings (SSSR count). The average molecular weight is 531 g/mol. The molecule has 2 N–H and O–H groups in total. The van der Waals surface area contributed by atoms with E-state index in [1.807, 2.05) is 13.8 Å². The maximum absolute atomic E-state index is 12.6. The van der Waals surface area contributed by atoms with E-state index in [9.17, 15) is 13.2 Å². The molecule has 0 saturated carbocycles. The van der Waals surface area contributed by atoms with Gasteiger partial charge in [0.2, 0.25) is 9.47 Å². The lowest BCUT2D eigenvalue weighted by Gasteiger charge is -2.12. The van der Waals surface area contributed by atoms with Crippen molar-refractivity contribution in [1.82, 2.24) is 14.9 Å². The van der Waals surface area contributed by atoms with Gasteiger partial charge in [-0.05, 0) is 49.7 Å². The Bertz CT molecular complexity index is 1250. The van der Waals surface area contributed by atoms with Crippen molar-refractivity contribution < 1.29 is 22.7 Å². The maximum Gasteiger partial charge on any atom is 0.270 e. The Kier molecular flexibility index (Phi) is 8.49. The molecule has 1 amide bonds. The molecule has 1 aromatic heterocycles. The van der Waals surface area contributed by atoms with Crippen molar-refractivity contribution in [1.29, 1.82) is 0 Å². The van der Waals surface area contributed by atoms with Gasteiger partial charge in [-0.3, -0.25) is 10.1 Å². The Morgan fingerprint density at radius 3 is 2.45 bits per heavy atom. The fourth-order valence-electron chi connectivity index (χ4n) is 2.65. The number of hydrogen-bond donors (Lipinski definition) is 2. The molecule has 0 aliphatic rings. The highest BCUT2D eigenvalue weighted by Crippen LogP contribution is 2.29. The van der Waals surface area contributed by atoms with Crippen LogP contribution in [0, 0.1) is 0 Å². The van der Waals surface area contributed by atoms with Gasteiger partial charge in [0.15, 0.2) is 11.5 Å². The van der Waals surface area contributed by atoms with Crippen molar-refractivity contribution in [2.75, 3.05) is 18.5 Å². The van der Waals surface area contributed by atoms with Crippen molar-refractivity contribution in [3.05, 3.63) is 57.6 Å². The van der Waals surface area contributed by atoms with Crippen LogP contribution in [-0.2, 0) is 16.6 Å². The molecule has 176 valence electrons. The van der Waals surface area contributed by atoms with E-state index in [1.54, 1.807) is 18.2 Å². The van der Waals surface area contributed by atoms with E-state index in [0.717, 1.165) is 0 Å². The standard InChI is InChI=1S/C20H20Cl2N4O5S2/c1-3-30-16-8-5-12(9-17(16)31-4-2)11-23-33(28,29)20-26-25-19(32-20)24-18(27)14-7-6-13(21)10-15(14)22/h5-10,23H,3-4,11H2,1-2H3,(H,24,25,27). The number of nitrogens with zero attached hydrogens (tertiary/aromatic N) is 2. The topological polar surface area (TPSA) is 120 Å². The van der Waals surface area contributed by atoms with E-state index in [-0.39, 0.29) is 26.6 Å². The first-order valence-corrected chi connectivity index (χ1v) is 12.8. The number of nitrogens with one attached hydrogen (secondary N) is 2. The minimum absolute atomic E-state index is 0.00350. The highest BCUT2D eigenvalue weighted by molar-refractivity contribution is 7.91. The van der Waals surface area contributed by atoms with Gasteiger partial charge in [-0.15, -0.1) is 10.2 Å². The van der Waals surface area contributed by atoms with Gasteiger partial charge in [-0.25, -0.2) is 13.1 Å². The fraction of sp³-hybridized carbons (Fsp3) is 0.250. The van der Waals surface area contributed by atoms with Gasteiger partial charge < -0.3 is 9.47 Å². The number of anilines is 1. The number of halogens is 2. The van der Waals surface area contributed by atoms with Gasteiger partial charge >= 0.3 is 0 Å². The molecule has 0 saturated heterocycles. The molecule has 0 aliphatic carbocycles. The number of hydrogen-bond acceptors (Lipinski definition) is 8. The van der Waals surface area contributed by atoms with Crippen LogP contribution >= 0.6 is 34.5 Å². The normalized spacial score (nSPS) is 11.3. The van der Waals surface area contributed by atoms with Crippen LogP contribution in [0.15, 0.2) is 40.7 Å². The molecule has 1 heterocycles. The maximum atomic E-state index is 12.6. The summed E-state index contributed by atoms with van der Waals surface area (Å²) in [7, 11) is -3.97. The van der Waals surface area contributed by atoms with Crippen LogP contribution in [0.3, 0.4) is 0 Å². The third kappa shape index (κ3) is 6.55. The van der Waals surface area contributed by atoms with Gasteiger partial charge in [0, 0.05) is 11.6 Å². The van der Waals surface area contributed by atoms with Crippen LogP contribution in [0.1, 0.15) is 29.8 Å². The summed E-state index contributed by atoms with van der Waals surface area (Å²) in [6, 6.07) is 9.55. The van der Waals surface area contributed by atoms with Crippen molar-refractivity contribution in [3.63, 3.8) is 0 Å². The first-order valence-electron chi connectivity index (χ1n) is 9.71. The smallest absolute Gasteiger partial charge is 0.270 e. The summed E-state index contributed by atoms with van der Waals surface area (Å²) >= 11 is 12.6. The SMILES string of the molecule is CCOc1ccc(CNS(=O)(=O)c2nnc(NC(=O)c3ccc(Cl)cc3Cl)s2)cc1OCC. The lowest BCUT2D eigenvalue weighted by molar-refractivity contribution is 0.102. The molecule has 0 unspecified atom stereocenters. The predicted molar refractivity (Wildman–Crippen MR) is 127 cm³/mol. The molecule has 0 spiro atoms. The van der Waals surface area contributed by atoms with E-state index >= 15 is 0 Å². The molecule has 0 fully saturated rings. The van der Waals surface area contributed by atoms with Gasteiger partial charge in [0.1, 0.15) is 0 Å². The third-order valence-corrected chi connectivity index (χ3v) is 7.26. The van der Waals surface area contributed by atoms with Gasteiger partial charge in [0.05, 0.1) is 23.8 Å². The average Bonchev–Trinajstić information content (AvgIpc) is 3.23. The molecule has 2 aromatic carbocycles. The summed E-state index contributed by atoms with van der Waals surface area (Å²) in [4.78, 5) is 12.4. The second-order valence-corrected chi connectivity index (χ2v) is 10.2. The first-order chi connectivity index (χ1) is 15.7. The van der Waals surface area contributed by atoms with Crippen LogP contribution in [-0.4, -0.2) is 37.7 Å². The number of carbonyl (C=O) groups excluding carboxylic acids is 1. The number of benzene rings is 2. The molecular weight excluding hydrogens is 511 g/mol. The van der Waals surface area contributed by atoms with Gasteiger partial charge in [0.25, 0.3) is 15.9 Å². The molecule has 0 bridgehead atoms. The van der Waals surface area contributed by atoms with Gasteiger partial charge in [-0.1, -0.05) is 40.6 Å². The number of ether oxygens (including phenoxy) is 2. The van der Waals surface area contributed by atoms with Crippen LogP contribution in [0.5, 0.6) is 11.5 Å². The second kappa shape index (κ2) is 11.1. The fourth-order valence-corrected chi connectivity index (χ4v) is 5.10. The largest absolute Gasteiger partial charge is 0.490 e. The summed E-state index contributed by atoms with van der Waals surface area (Å²) in [5.41, 5.74) is 0.834. The summed E-state index contributed by atoms with van der Waals surface area (Å²) in [5, 5.41) is 10.4. The zero-order valence-electron chi connectivity index (χ0n) is 17.6. The Morgan fingerprint density at radius 1 is 1.03 bits per heavy atom. The molecule has 0 radical (unpaired) electrons. The quantitative estimate of drug-likeness (QED) is 0.373. The third-order valence-electron chi connectivity index (χ3n) is 4.11. The molecule has 0 aliphatic heterocycles. The summed E-state index contributed by atoms with van der Waals surface area (Å²) in [5.74, 6) is 0.539. The second-order valence-electron chi connectivity index (χ2n) is 6.42. The Labute approximate surface area is 205 Å². The number of amides is 1. The van der Waals surface area contributed by atoms with Crippen LogP contribution in [0.25, 0.3) is 0 Å². The first kappa shape index (κ1) is 25.2. The molecule has 13 heteroatoms. The lowest BCUT2D eigenvalue weighted by Crippen LogP contribution is -2.23. The minimum Gasteiger partial charge on any atom is -0.490 e. The van der Waals surface area contributed by atoms with E-state index in [0.29, 0.717) is 46.6 Å². The Morgan fingerprint density at radius 2 is 1.76 bits per heavy atom. The predicted octanol–water partition coefficient (Wildman–Crippen LogP) is 4.37. The molecule has 3 aromatic rings. The molecule has 9 nitrogen and oxygen atoms in total. The van der Waals surface area contributed by atoms with Crippen LogP contribution in [0.4, 0.5) is 5.13 Å². The molecule has 0 atom stereocenters. The lowest BCUT2D eigenvalue weighted by atomic mass is 10.2. The molecular formula is C20H20Cl2N4O5S2. The Balaban J connectivity index is 1.68. The summed E-state index contributed by atoms with van der Waals surface area (Å²) in [6.45, 7) is 4.62. The van der Waals surface area contributed by atoms with Crippen molar-refractivity contribution in [2.45, 2.75) is 24.7 Å². The highest BCUT2D eigenvalue weighted by atomic mass is 35.5. The van der Waals surface area contributed by atoms with E-state index < -0.39 is 15.9 Å². The Hall–Kier alpha value is -2.44. The number of aromatic nitrogens is 2. The highest BCUT2D eigenvalue weighted by Gasteiger charge is 2.22. The molecule has 33 heavy (non-hydrogen) atoms. The monoisotopic (exact) mass is 530 g/mol. The zero-order chi connectivity index (χ0) is 24.0. The van der Waals surface area contributed by atoms with E-state index in [4.69, 9.17) is 32.7 Å².